The van der Waals surface area contributed by atoms with Gasteiger partial charge in [-0.05, 0) is 23.6 Å². The highest BCUT2D eigenvalue weighted by Crippen LogP contribution is 2.32. The molecule has 0 saturated carbocycles. The first-order valence-electron chi connectivity index (χ1n) is 5.55. The van der Waals surface area contributed by atoms with Gasteiger partial charge in [-0.3, -0.25) is 0 Å². The largest absolute Gasteiger partial charge is 0.493 e. The van der Waals surface area contributed by atoms with Crippen molar-refractivity contribution in [2.45, 2.75) is 25.9 Å². The Morgan fingerprint density at radius 1 is 1.33 bits per heavy atom. The van der Waals surface area contributed by atoms with E-state index >= 15 is 0 Å². The van der Waals surface area contributed by atoms with Gasteiger partial charge in [0.2, 0.25) is 0 Å². The third kappa shape index (κ3) is 2.79. The fourth-order valence-corrected chi connectivity index (χ4v) is 1.63. The third-order valence-corrected chi connectivity index (χ3v) is 2.68. The number of halogens is 1. The highest BCUT2D eigenvalue weighted by Gasteiger charge is 2.25. The molecule has 1 N–H and O–H groups in total. The average Bonchev–Trinajstić information content (AvgIpc) is 2.35. The summed E-state index contributed by atoms with van der Waals surface area (Å²) in [5, 5.41) is 9.81. The molecular formula is C13H17FO4. The number of hydrogen-bond acceptors (Lipinski definition) is 4. The molecule has 0 fully saturated rings. The van der Waals surface area contributed by atoms with E-state index in [1.807, 2.05) is 13.8 Å². The summed E-state index contributed by atoms with van der Waals surface area (Å²) in [5.74, 6) is -1.54. The first kappa shape index (κ1) is 14.4. The molecule has 0 aliphatic heterocycles. The van der Waals surface area contributed by atoms with Crippen LogP contribution >= 0.6 is 0 Å². The van der Waals surface area contributed by atoms with Gasteiger partial charge in [0.25, 0.3) is 0 Å². The smallest absolute Gasteiger partial charge is 0.339 e. The number of methoxy groups -OCH3 is 2. The molecule has 1 atom stereocenters. The molecular weight excluding hydrogens is 239 g/mol. The van der Waals surface area contributed by atoms with E-state index in [4.69, 9.17) is 4.74 Å². The number of benzene rings is 1. The van der Waals surface area contributed by atoms with Gasteiger partial charge in [0, 0.05) is 5.56 Å². The summed E-state index contributed by atoms with van der Waals surface area (Å²) in [7, 11) is 2.43. The van der Waals surface area contributed by atoms with Gasteiger partial charge in [-0.2, -0.15) is 0 Å². The first-order chi connectivity index (χ1) is 8.42. The van der Waals surface area contributed by atoms with Gasteiger partial charge >= 0.3 is 5.97 Å². The third-order valence-electron chi connectivity index (χ3n) is 2.68. The number of carbonyl (C=O) groups is 1. The fraction of sp³-hybridized carbons (Fsp3) is 0.462. The normalized spacial score (nSPS) is 12.4. The van der Waals surface area contributed by atoms with Gasteiger partial charge in [0.1, 0.15) is 0 Å². The maximum Gasteiger partial charge on any atom is 0.339 e. The quantitative estimate of drug-likeness (QED) is 0.839. The van der Waals surface area contributed by atoms with Crippen LogP contribution in [0.3, 0.4) is 0 Å². The molecule has 1 aromatic rings. The second kappa shape index (κ2) is 5.82. The first-order valence-corrected chi connectivity index (χ1v) is 5.55. The molecule has 0 heterocycles. The van der Waals surface area contributed by atoms with Crippen LogP contribution in [0.4, 0.5) is 4.39 Å². The highest BCUT2D eigenvalue weighted by molar-refractivity contribution is 5.77. The van der Waals surface area contributed by atoms with E-state index in [2.05, 4.69) is 4.74 Å². The standard InChI is InChI=1S/C13H17FO4/c1-7(2)8-5-9(11(15)13(16)18-4)12(17-3)10(14)6-8/h5-7,11,15H,1-4H3. The zero-order chi connectivity index (χ0) is 13.9. The topological polar surface area (TPSA) is 55.8 Å². The lowest BCUT2D eigenvalue weighted by molar-refractivity contribution is -0.150. The van der Waals surface area contributed by atoms with E-state index in [9.17, 15) is 14.3 Å². The SMILES string of the molecule is COC(=O)C(O)c1cc(C(C)C)cc(F)c1OC. The predicted molar refractivity (Wildman–Crippen MR) is 64.0 cm³/mol. The Balaban J connectivity index is 3.34. The van der Waals surface area contributed by atoms with Crippen LogP contribution in [0.5, 0.6) is 5.75 Å². The van der Waals surface area contributed by atoms with Crippen LogP contribution in [0.2, 0.25) is 0 Å². The Morgan fingerprint density at radius 3 is 2.39 bits per heavy atom. The maximum atomic E-state index is 13.8. The van der Waals surface area contributed by atoms with Crippen LogP contribution in [0.15, 0.2) is 12.1 Å². The van der Waals surface area contributed by atoms with Crippen LogP contribution in [0.25, 0.3) is 0 Å². The van der Waals surface area contributed by atoms with Crippen molar-refractivity contribution in [1.29, 1.82) is 0 Å². The lowest BCUT2D eigenvalue weighted by Gasteiger charge is -2.16. The number of aliphatic hydroxyl groups excluding tert-OH is 1. The van der Waals surface area contributed by atoms with E-state index in [1.54, 1.807) is 6.07 Å². The fourth-order valence-electron chi connectivity index (χ4n) is 1.63. The number of carbonyl (C=O) groups excluding carboxylic acids is 1. The lowest BCUT2D eigenvalue weighted by atomic mass is 9.97. The van der Waals surface area contributed by atoms with Gasteiger partial charge < -0.3 is 14.6 Å². The summed E-state index contributed by atoms with van der Waals surface area (Å²) >= 11 is 0. The summed E-state index contributed by atoms with van der Waals surface area (Å²) in [6, 6.07) is 2.88. The van der Waals surface area contributed by atoms with Crippen molar-refractivity contribution < 1.29 is 23.8 Å². The number of esters is 1. The van der Waals surface area contributed by atoms with E-state index in [0.717, 1.165) is 7.11 Å². The Morgan fingerprint density at radius 2 is 1.94 bits per heavy atom. The van der Waals surface area contributed by atoms with E-state index in [-0.39, 0.29) is 17.2 Å². The molecule has 1 rings (SSSR count). The van der Waals surface area contributed by atoms with Crippen LogP contribution in [0.1, 0.15) is 37.0 Å². The van der Waals surface area contributed by atoms with Crippen molar-refractivity contribution in [2.75, 3.05) is 14.2 Å². The molecule has 100 valence electrons. The Bertz CT molecular complexity index is 443. The van der Waals surface area contributed by atoms with Crippen LogP contribution in [-0.2, 0) is 9.53 Å². The van der Waals surface area contributed by atoms with Gasteiger partial charge in [0.15, 0.2) is 17.7 Å². The molecule has 0 radical (unpaired) electrons. The monoisotopic (exact) mass is 256 g/mol. The minimum atomic E-state index is -1.56. The van der Waals surface area contributed by atoms with Crippen molar-refractivity contribution in [2.24, 2.45) is 0 Å². The zero-order valence-corrected chi connectivity index (χ0v) is 10.9. The zero-order valence-electron chi connectivity index (χ0n) is 10.9. The van der Waals surface area contributed by atoms with Crippen LogP contribution < -0.4 is 4.74 Å². The molecule has 0 bridgehead atoms. The summed E-state index contributed by atoms with van der Waals surface area (Å²) < 4.78 is 23.1. The van der Waals surface area contributed by atoms with E-state index < -0.39 is 17.9 Å². The molecule has 0 amide bonds. The molecule has 0 saturated heterocycles. The summed E-state index contributed by atoms with van der Waals surface area (Å²) in [4.78, 5) is 11.3. The molecule has 0 aliphatic rings. The number of ether oxygens (including phenoxy) is 2. The number of rotatable bonds is 4. The Hall–Kier alpha value is -1.62. The van der Waals surface area contributed by atoms with E-state index in [1.165, 1.54) is 13.2 Å². The van der Waals surface area contributed by atoms with E-state index in [0.29, 0.717) is 5.56 Å². The molecule has 5 heteroatoms. The molecule has 1 unspecified atom stereocenters. The molecule has 18 heavy (non-hydrogen) atoms. The molecule has 0 aliphatic carbocycles. The van der Waals surface area contributed by atoms with Gasteiger partial charge in [-0.1, -0.05) is 13.8 Å². The van der Waals surface area contributed by atoms with Crippen LogP contribution in [0, 0.1) is 5.82 Å². The Labute approximate surface area is 105 Å². The van der Waals surface area contributed by atoms with Crippen molar-refractivity contribution in [3.63, 3.8) is 0 Å². The maximum absolute atomic E-state index is 13.8. The van der Waals surface area contributed by atoms with Crippen molar-refractivity contribution >= 4 is 5.97 Å². The number of aliphatic hydroxyl groups is 1. The van der Waals surface area contributed by atoms with Crippen molar-refractivity contribution in [3.05, 3.63) is 29.1 Å². The minimum absolute atomic E-state index is 0.0639. The molecule has 0 aromatic heterocycles. The summed E-state index contributed by atoms with van der Waals surface area (Å²) in [6.07, 6.45) is -1.56. The van der Waals surface area contributed by atoms with Crippen LogP contribution in [-0.4, -0.2) is 25.3 Å². The molecule has 0 spiro atoms. The lowest BCUT2D eigenvalue weighted by Crippen LogP contribution is -2.15. The van der Waals surface area contributed by atoms with Crippen molar-refractivity contribution in [3.8, 4) is 5.75 Å². The number of hydrogen-bond donors (Lipinski definition) is 1. The summed E-state index contributed by atoms with van der Waals surface area (Å²) in [5.41, 5.74) is 0.749. The second-order valence-electron chi connectivity index (χ2n) is 4.21. The molecule has 1 aromatic carbocycles. The summed E-state index contributed by atoms with van der Waals surface area (Å²) in [6.45, 7) is 3.77. The predicted octanol–water partition coefficient (Wildman–Crippen LogP) is 2.16. The molecule has 4 nitrogen and oxygen atoms in total. The highest BCUT2D eigenvalue weighted by atomic mass is 19.1. The van der Waals surface area contributed by atoms with Crippen molar-refractivity contribution in [1.82, 2.24) is 0 Å². The second-order valence-corrected chi connectivity index (χ2v) is 4.21. The van der Waals surface area contributed by atoms with Gasteiger partial charge in [0.05, 0.1) is 14.2 Å². The minimum Gasteiger partial charge on any atom is -0.493 e. The Kier molecular flexibility index (Phi) is 4.67. The van der Waals surface area contributed by atoms with Gasteiger partial charge in [-0.25, -0.2) is 9.18 Å². The average molecular weight is 256 g/mol. The van der Waals surface area contributed by atoms with Gasteiger partial charge in [-0.15, -0.1) is 0 Å².